The lowest BCUT2D eigenvalue weighted by Gasteiger charge is -2.19. The maximum atomic E-state index is 13.0. The average molecular weight is 271 g/mol. The van der Waals surface area contributed by atoms with Crippen molar-refractivity contribution in [3.05, 3.63) is 34.6 Å². The Morgan fingerprint density at radius 1 is 1.44 bits per heavy atom. The van der Waals surface area contributed by atoms with E-state index in [1.165, 1.54) is 18.9 Å². The van der Waals surface area contributed by atoms with Crippen LogP contribution in [-0.2, 0) is 6.54 Å². The third kappa shape index (κ3) is 3.94. The summed E-state index contributed by atoms with van der Waals surface area (Å²) in [4.78, 5) is 2.50. The van der Waals surface area contributed by atoms with Gasteiger partial charge in [-0.3, -0.25) is 4.90 Å². The van der Waals surface area contributed by atoms with Gasteiger partial charge in [0.2, 0.25) is 0 Å². The number of nitrogens with one attached hydrogen (secondary N) is 1. The van der Waals surface area contributed by atoms with Crippen LogP contribution in [0.5, 0.6) is 0 Å². The molecule has 0 unspecified atom stereocenters. The monoisotopic (exact) mass is 270 g/mol. The smallest absolute Gasteiger partial charge is 0.141 e. The summed E-state index contributed by atoms with van der Waals surface area (Å²) >= 11 is 5.74. The van der Waals surface area contributed by atoms with Gasteiger partial charge >= 0.3 is 0 Å². The molecule has 1 aromatic carbocycles. The standard InChI is InChI=1S/C14H20ClFN2/c1-2-18(12-4-5-12)8-7-17-10-11-3-6-14(16)13(15)9-11/h3,6,9,12,17H,2,4-5,7-8,10H2,1H3. The van der Waals surface area contributed by atoms with Crippen molar-refractivity contribution in [2.24, 2.45) is 0 Å². The zero-order chi connectivity index (χ0) is 13.0. The number of benzene rings is 1. The SMILES string of the molecule is CCN(CCNCc1ccc(F)c(Cl)c1)C1CC1. The summed E-state index contributed by atoms with van der Waals surface area (Å²) in [6.45, 7) is 6.10. The quantitative estimate of drug-likeness (QED) is 0.766. The van der Waals surface area contributed by atoms with Crippen LogP contribution in [0.4, 0.5) is 4.39 Å². The lowest BCUT2D eigenvalue weighted by Crippen LogP contribution is -2.33. The minimum Gasteiger partial charge on any atom is -0.311 e. The first kappa shape index (κ1) is 13.8. The fraction of sp³-hybridized carbons (Fsp3) is 0.571. The summed E-state index contributed by atoms with van der Waals surface area (Å²) in [5.74, 6) is -0.355. The van der Waals surface area contributed by atoms with E-state index >= 15 is 0 Å². The predicted octanol–water partition coefficient (Wildman–Crippen LogP) is 3.05. The van der Waals surface area contributed by atoms with E-state index in [4.69, 9.17) is 11.6 Å². The highest BCUT2D eigenvalue weighted by Gasteiger charge is 2.26. The second-order valence-corrected chi connectivity index (χ2v) is 5.19. The van der Waals surface area contributed by atoms with Gasteiger partial charge < -0.3 is 5.32 Å². The molecular formula is C14H20ClFN2. The van der Waals surface area contributed by atoms with Gasteiger partial charge in [0.05, 0.1) is 5.02 Å². The van der Waals surface area contributed by atoms with E-state index in [9.17, 15) is 4.39 Å². The van der Waals surface area contributed by atoms with Crippen LogP contribution in [0.3, 0.4) is 0 Å². The van der Waals surface area contributed by atoms with Gasteiger partial charge in [0, 0.05) is 25.7 Å². The zero-order valence-corrected chi connectivity index (χ0v) is 11.5. The third-order valence-electron chi connectivity index (χ3n) is 3.36. The molecular weight excluding hydrogens is 251 g/mol. The van der Waals surface area contributed by atoms with Crippen LogP contribution in [0.2, 0.25) is 5.02 Å². The van der Waals surface area contributed by atoms with Gasteiger partial charge in [-0.1, -0.05) is 24.6 Å². The molecule has 0 spiro atoms. The van der Waals surface area contributed by atoms with E-state index in [-0.39, 0.29) is 10.8 Å². The fourth-order valence-corrected chi connectivity index (χ4v) is 2.35. The molecule has 1 aromatic rings. The predicted molar refractivity (Wildman–Crippen MR) is 73.4 cm³/mol. The lowest BCUT2D eigenvalue weighted by atomic mass is 10.2. The van der Waals surface area contributed by atoms with Crippen molar-refractivity contribution in [3.8, 4) is 0 Å². The van der Waals surface area contributed by atoms with Crippen molar-refractivity contribution in [2.45, 2.75) is 32.4 Å². The molecule has 0 atom stereocenters. The maximum Gasteiger partial charge on any atom is 0.141 e. The van der Waals surface area contributed by atoms with Crippen molar-refractivity contribution >= 4 is 11.6 Å². The molecule has 1 aliphatic carbocycles. The lowest BCUT2D eigenvalue weighted by molar-refractivity contribution is 0.277. The first-order valence-corrected chi connectivity index (χ1v) is 6.97. The summed E-state index contributed by atoms with van der Waals surface area (Å²) in [5, 5.41) is 3.57. The third-order valence-corrected chi connectivity index (χ3v) is 3.65. The first-order valence-electron chi connectivity index (χ1n) is 6.59. The Morgan fingerprint density at radius 3 is 2.83 bits per heavy atom. The number of hydrogen-bond acceptors (Lipinski definition) is 2. The Kier molecular flexibility index (Phi) is 4.98. The van der Waals surface area contributed by atoms with Crippen LogP contribution in [0.1, 0.15) is 25.3 Å². The number of hydrogen-bond donors (Lipinski definition) is 1. The van der Waals surface area contributed by atoms with Crippen molar-refractivity contribution < 1.29 is 4.39 Å². The van der Waals surface area contributed by atoms with Crippen LogP contribution >= 0.6 is 11.6 Å². The molecule has 0 bridgehead atoms. The number of likely N-dealkylation sites (N-methyl/N-ethyl adjacent to an activating group) is 1. The second-order valence-electron chi connectivity index (χ2n) is 4.79. The topological polar surface area (TPSA) is 15.3 Å². The van der Waals surface area contributed by atoms with E-state index in [1.54, 1.807) is 12.1 Å². The van der Waals surface area contributed by atoms with E-state index in [0.29, 0.717) is 0 Å². The average Bonchev–Trinajstić information content (AvgIpc) is 3.18. The maximum absolute atomic E-state index is 13.0. The van der Waals surface area contributed by atoms with Crippen LogP contribution in [0.25, 0.3) is 0 Å². The van der Waals surface area contributed by atoms with E-state index in [0.717, 1.165) is 37.8 Å². The summed E-state index contributed by atoms with van der Waals surface area (Å²) in [7, 11) is 0. The summed E-state index contributed by atoms with van der Waals surface area (Å²) in [6, 6.07) is 5.69. The molecule has 2 nitrogen and oxygen atoms in total. The van der Waals surface area contributed by atoms with Crippen molar-refractivity contribution in [3.63, 3.8) is 0 Å². The van der Waals surface area contributed by atoms with Crippen LogP contribution in [0.15, 0.2) is 18.2 Å². The van der Waals surface area contributed by atoms with Crippen LogP contribution in [0, 0.1) is 5.82 Å². The van der Waals surface area contributed by atoms with E-state index < -0.39 is 0 Å². The number of rotatable bonds is 7. The van der Waals surface area contributed by atoms with Gasteiger partial charge in [0.15, 0.2) is 0 Å². The summed E-state index contributed by atoms with van der Waals surface area (Å²) < 4.78 is 13.0. The molecule has 1 N–H and O–H groups in total. The van der Waals surface area contributed by atoms with Crippen molar-refractivity contribution in [2.75, 3.05) is 19.6 Å². The second kappa shape index (κ2) is 6.50. The molecule has 2 rings (SSSR count). The Bertz CT molecular complexity index is 393. The largest absolute Gasteiger partial charge is 0.311 e. The Balaban J connectivity index is 1.69. The number of nitrogens with zero attached hydrogens (tertiary/aromatic N) is 1. The molecule has 1 fully saturated rings. The van der Waals surface area contributed by atoms with Crippen molar-refractivity contribution in [1.29, 1.82) is 0 Å². The van der Waals surface area contributed by atoms with Gasteiger partial charge in [0.1, 0.15) is 5.82 Å². The van der Waals surface area contributed by atoms with Gasteiger partial charge in [-0.15, -0.1) is 0 Å². The molecule has 0 aliphatic heterocycles. The van der Waals surface area contributed by atoms with Gasteiger partial charge in [-0.25, -0.2) is 4.39 Å². The zero-order valence-electron chi connectivity index (χ0n) is 10.8. The van der Waals surface area contributed by atoms with Crippen molar-refractivity contribution in [1.82, 2.24) is 10.2 Å². The number of halogens is 2. The minimum absolute atomic E-state index is 0.197. The summed E-state index contributed by atoms with van der Waals surface area (Å²) in [6.07, 6.45) is 2.70. The molecule has 0 aromatic heterocycles. The Morgan fingerprint density at radius 2 is 2.22 bits per heavy atom. The highest BCUT2D eigenvalue weighted by Crippen LogP contribution is 2.25. The Labute approximate surface area is 113 Å². The molecule has 4 heteroatoms. The van der Waals surface area contributed by atoms with Gasteiger partial charge in [0.25, 0.3) is 0 Å². The molecule has 100 valence electrons. The first-order chi connectivity index (χ1) is 8.70. The molecule has 0 heterocycles. The van der Waals surface area contributed by atoms with Crippen LogP contribution < -0.4 is 5.32 Å². The highest BCUT2D eigenvalue weighted by molar-refractivity contribution is 6.30. The van der Waals surface area contributed by atoms with E-state index in [1.807, 2.05) is 0 Å². The van der Waals surface area contributed by atoms with E-state index in [2.05, 4.69) is 17.1 Å². The fourth-order valence-electron chi connectivity index (χ4n) is 2.14. The molecule has 1 saturated carbocycles. The van der Waals surface area contributed by atoms with Crippen LogP contribution in [-0.4, -0.2) is 30.6 Å². The molecule has 1 aliphatic rings. The molecule has 0 amide bonds. The molecule has 0 saturated heterocycles. The van der Waals surface area contributed by atoms with Gasteiger partial charge in [-0.2, -0.15) is 0 Å². The highest BCUT2D eigenvalue weighted by atomic mass is 35.5. The normalized spacial score (nSPS) is 15.3. The van der Waals surface area contributed by atoms with Gasteiger partial charge in [-0.05, 0) is 37.1 Å². The molecule has 0 radical (unpaired) electrons. The Hall–Kier alpha value is -0.640. The summed E-state index contributed by atoms with van der Waals surface area (Å²) in [5.41, 5.74) is 1.02. The minimum atomic E-state index is -0.355. The molecule has 18 heavy (non-hydrogen) atoms.